The van der Waals surface area contributed by atoms with E-state index in [9.17, 15) is 0 Å². The molecule has 3 aliphatic carbocycles. The van der Waals surface area contributed by atoms with E-state index in [4.69, 9.17) is 0 Å². The number of para-hydroxylation sites is 4. The maximum absolute atomic E-state index is 2.56. The lowest BCUT2D eigenvalue weighted by Crippen LogP contribution is -2.29. The van der Waals surface area contributed by atoms with Crippen LogP contribution in [0, 0.1) is 5.41 Å². The predicted octanol–water partition coefficient (Wildman–Crippen LogP) is 15.9. The molecule has 60 heavy (non-hydrogen) atoms. The van der Waals surface area contributed by atoms with Gasteiger partial charge in [-0.15, -0.1) is 0 Å². The third-order valence-electron chi connectivity index (χ3n) is 12.9. The third-order valence-corrected chi connectivity index (χ3v) is 12.9. The van der Waals surface area contributed by atoms with Crippen LogP contribution in [0.5, 0.6) is 0 Å². The molecule has 0 unspecified atom stereocenters. The molecule has 3 aliphatic rings. The Morgan fingerprint density at radius 1 is 0.400 bits per heavy atom. The van der Waals surface area contributed by atoms with Gasteiger partial charge in [0, 0.05) is 34.1 Å². The molecule has 0 radical (unpaired) electrons. The van der Waals surface area contributed by atoms with Gasteiger partial charge in [-0.05, 0) is 146 Å². The van der Waals surface area contributed by atoms with Crippen LogP contribution in [-0.2, 0) is 10.8 Å². The van der Waals surface area contributed by atoms with Crippen LogP contribution >= 0.6 is 0 Å². The number of hydrogen-bond acceptors (Lipinski definition) is 2. The minimum atomic E-state index is -0.547. The summed E-state index contributed by atoms with van der Waals surface area (Å²) in [6.07, 6.45) is 8.20. The highest BCUT2D eigenvalue weighted by Crippen LogP contribution is 2.65. The molecule has 0 aromatic heterocycles. The van der Waals surface area contributed by atoms with Crippen LogP contribution in [0.3, 0.4) is 0 Å². The van der Waals surface area contributed by atoms with Crippen molar-refractivity contribution >= 4 is 39.7 Å². The van der Waals surface area contributed by atoms with Gasteiger partial charge in [0.05, 0.1) is 5.41 Å². The van der Waals surface area contributed by atoms with Crippen molar-refractivity contribution in [2.75, 3.05) is 9.80 Å². The number of rotatable bonds is 6. The van der Waals surface area contributed by atoms with Crippen LogP contribution < -0.4 is 9.80 Å². The first-order chi connectivity index (χ1) is 29.0. The van der Waals surface area contributed by atoms with Gasteiger partial charge in [0.25, 0.3) is 0 Å². The fourth-order valence-electron chi connectivity index (χ4n) is 9.94. The summed E-state index contributed by atoms with van der Waals surface area (Å²) in [6, 6.07) is 65.1. The zero-order valence-electron chi connectivity index (χ0n) is 35.6. The van der Waals surface area contributed by atoms with Gasteiger partial charge in [0.2, 0.25) is 0 Å². The van der Waals surface area contributed by atoms with E-state index >= 15 is 0 Å². The standard InChI is InChI=1S/C58H52N2/c1-56(2,3)40-27-32-48-49-33-28-41(57(4,5)6)37-53(49)58(52(48)36-29-40)54-38-46(59(42-19-11-7-12-20-42)43-21-13-8-14-22-43)30-34-50(54)51-35-31-47(39-55(51)58)60(44-23-15-9-16-24-44)45-25-17-10-18-26-45/h7-35,37-39H,36H2,1-6H3. The van der Waals surface area contributed by atoms with Crippen molar-refractivity contribution in [2.45, 2.75) is 58.8 Å². The summed E-state index contributed by atoms with van der Waals surface area (Å²) in [4.78, 5) is 4.83. The number of benzene rings is 7. The van der Waals surface area contributed by atoms with Crippen LogP contribution in [0.25, 0.3) is 16.7 Å². The van der Waals surface area contributed by atoms with Gasteiger partial charge in [0.1, 0.15) is 0 Å². The van der Waals surface area contributed by atoms with Crippen molar-refractivity contribution in [3.63, 3.8) is 0 Å². The smallest absolute Gasteiger partial charge is 0.0693 e. The average molecular weight is 777 g/mol. The Balaban J connectivity index is 1.30. The molecular formula is C58H52N2. The lowest BCUT2D eigenvalue weighted by Gasteiger charge is -2.35. The Morgan fingerprint density at radius 2 is 0.817 bits per heavy atom. The molecule has 0 atom stereocenters. The van der Waals surface area contributed by atoms with E-state index in [1.807, 2.05) is 0 Å². The van der Waals surface area contributed by atoms with E-state index < -0.39 is 5.41 Å². The van der Waals surface area contributed by atoms with Crippen molar-refractivity contribution in [3.8, 4) is 11.1 Å². The molecule has 7 aromatic rings. The number of allylic oxidation sites excluding steroid dienone is 6. The molecule has 0 saturated heterocycles. The molecule has 0 N–H and O–H groups in total. The van der Waals surface area contributed by atoms with Crippen molar-refractivity contribution in [1.82, 2.24) is 0 Å². The molecule has 0 heterocycles. The largest absolute Gasteiger partial charge is 0.310 e. The van der Waals surface area contributed by atoms with Crippen molar-refractivity contribution in [2.24, 2.45) is 5.41 Å². The van der Waals surface area contributed by atoms with Crippen molar-refractivity contribution in [3.05, 3.63) is 233 Å². The third kappa shape index (κ3) is 6.08. The van der Waals surface area contributed by atoms with Crippen molar-refractivity contribution < 1.29 is 0 Å². The topological polar surface area (TPSA) is 6.48 Å². The molecule has 0 saturated carbocycles. The maximum Gasteiger partial charge on any atom is 0.0693 e. The summed E-state index contributed by atoms with van der Waals surface area (Å²) in [5.41, 5.74) is 19.8. The van der Waals surface area contributed by atoms with Gasteiger partial charge in [-0.2, -0.15) is 0 Å². The van der Waals surface area contributed by atoms with Gasteiger partial charge in [-0.1, -0.05) is 163 Å². The fraction of sp³-hybridized carbons (Fsp3) is 0.172. The van der Waals surface area contributed by atoms with Crippen LogP contribution in [0.2, 0.25) is 0 Å². The van der Waals surface area contributed by atoms with Crippen LogP contribution in [0.1, 0.15) is 75.8 Å². The first kappa shape index (κ1) is 37.6. The van der Waals surface area contributed by atoms with Crippen molar-refractivity contribution in [1.29, 1.82) is 0 Å². The first-order valence-corrected chi connectivity index (χ1v) is 21.4. The second-order valence-corrected chi connectivity index (χ2v) is 18.6. The van der Waals surface area contributed by atoms with E-state index in [0.717, 1.165) is 40.5 Å². The van der Waals surface area contributed by atoms with E-state index in [1.165, 1.54) is 55.7 Å². The second-order valence-electron chi connectivity index (χ2n) is 18.6. The Hall–Kier alpha value is -6.64. The van der Waals surface area contributed by atoms with Gasteiger partial charge >= 0.3 is 0 Å². The lowest BCUT2D eigenvalue weighted by molar-refractivity contribution is 0.515. The Labute approximate surface area is 356 Å². The number of anilines is 6. The summed E-state index contributed by atoms with van der Waals surface area (Å²) in [5.74, 6) is 0. The number of hydrogen-bond donors (Lipinski definition) is 0. The molecule has 10 rings (SSSR count). The summed E-state index contributed by atoms with van der Waals surface area (Å²) in [5, 5.41) is 0. The lowest BCUT2D eigenvalue weighted by atomic mass is 9.67. The quantitative estimate of drug-likeness (QED) is 0.166. The summed E-state index contributed by atoms with van der Waals surface area (Å²) >= 11 is 0. The summed E-state index contributed by atoms with van der Waals surface area (Å²) < 4.78 is 0. The number of nitrogens with zero attached hydrogens (tertiary/aromatic N) is 2. The molecule has 7 aromatic carbocycles. The van der Waals surface area contributed by atoms with E-state index in [-0.39, 0.29) is 10.8 Å². The molecule has 0 fully saturated rings. The first-order valence-electron chi connectivity index (χ1n) is 21.4. The monoisotopic (exact) mass is 776 g/mol. The molecule has 2 heteroatoms. The number of fused-ring (bicyclic) bond motifs is 9. The van der Waals surface area contributed by atoms with Crippen LogP contribution in [0.4, 0.5) is 34.1 Å². The molecule has 2 nitrogen and oxygen atoms in total. The van der Waals surface area contributed by atoms with Gasteiger partial charge in [-0.25, -0.2) is 0 Å². The Bertz CT molecular complexity index is 2620. The van der Waals surface area contributed by atoms with Gasteiger partial charge < -0.3 is 9.80 Å². The van der Waals surface area contributed by atoms with Gasteiger partial charge in [0.15, 0.2) is 0 Å². The van der Waals surface area contributed by atoms with Crippen LogP contribution in [-0.4, -0.2) is 0 Å². The van der Waals surface area contributed by atoms with Gasteiger partial charge in [-0.3, -0.25) is 0 Å². The van der Waals surface area contributed by atoms with E-state index in [1.54, 1.807) is 0 Å². The highest BCUT2D eigenvalue weighted by atomic mass is 15.1. The molecule has 0 amide bonds. The maximum atomic E-state index is 2.56. The highest BCUT2D eigenvalue weighted by Gasteiger charge is 2.53. The van der Waals surface area contributed by atoms with Crippen LogP contribution in [0.15, 0.2) is 205 Å². The molecule has 0 aliphatic heterocycles. The van der Waals surface area contributed by atoms with E-state index in [2.05, 4.69) is 245 Å². The average Bonchev–Trinajstić information content (AvgIpc) is 3.56. The summed E-state index contributed by atoms with van der Waals surface area (Å²) in [6.45, 7) is 14.0. The van der Waals surface area contributed by atoms with E-state index in [0.29, 0.717) is 0 Å². The molecule has 1 spiro atoms. The predicted molar refractivity (Wildman–Crippen MR) is 254 cm³/mol. The Morgan fingerprint density at radius 3 is 1.23 bits per heavy atom. The fourth-order valence-corrected chi connectivity index (χ4v) is 9.94. The highest BCUT2D eigenvalue weighted by molar-refractivity contribution is 5.99. The minimum absolute atomic E-state index is 0.0198. The zero-order valence-corrected chi connectivity index (χ0v) is 35.6. The molecular weight excluding hydrogens is 725 g/mol. The molecule has 0 bridgehead atoms. The Kier molecular flexibility index (Phi) is 8.95. The minimum Gasteiger partial charge on any atom is -0.310 e. The zero-order chi connectivity index (χ0) is 41.2. The normalized spacial score (nSPS) is 14.9. The summed E-state index contributed by atoms with van der Waals surface area (Å²) in [7, 11) is 0. The SMILES string of the molecule is CC(C)(C)C1=CCC2=C(C=C1)c1ccc(C(C)(C)C)cc1C21c2cc(N(c3ccccc3)c3ccccc3)ccc2-c2ccc(N(c3ccccc3)c3ccccc3)cc21. The second kappa shape index (κ2) is 14.3. The molecule has 294 valence electrons.